The lowest BCUT2D eigenvalue weighted by Gasteiger charge is -2.32. The van der Waals surface area contributed by atoms with Gasteiger partial charge in [0.05, 0.1) is 10.2 Å². The van der Waals surface area contributed by atoms with Gasteiger partial charge >= 0.3 is 0 Å². The minimum atomic E-state index is -3.52. The molecule has 1 N–H and O–H groups in total. The lowest BCUT2D eigenvalue weighted by Crippen LogP contribution is -2.38. The molecule has 2 aliphatic rings. The monoisotopic (exact) mass is 410 g/mol. The highest BCUT2D eigenvalue weighted by molar-refractivity contribution is 8.00. The molecule has 1 heterocycles. The van der Waals surface area contributed by atoms with Crippen LogP contribution < -0.4 is 4.72 Å². The minimum absolute atomic E-state index is 0.0511. The Morgan fingerprint density at radius 1 is 0.962 bits per heavy atom. The van der Waals surface area contributed by atoms with Gasteiger partial charge in [-0.1, -0.05) is 31.4 Å². The second-order valence-corrected chi connectivity index (χ2v) is 12.0. The molecule has 4 rings (SSSR count). The molecule has 0 saturated heterocycles. The first kappa shape index (κ1) is 18.7. The number of hydrogen-bond donors (Lipinski definition) is 1. The van der Waals surface area contributed by atoms with Gasteiger partial charge in [-0.15, -0.1) is 11.3 Å². The van der Waals surface area contributed by atoms with Crippen molar-refractivity contribution in [2.45, 2.75) is 78.7 Å². The maximum atomic E-state index is 12.7. The Hall–Kier alpha value is -0.630. The molecule has 0 aliphatic heterocycles. The fraction of sp³-hybridized carbons (Fsp3) is 0.632. The van der Waals surface area contributed by atoms with Gasteiger partial charge in [0.1, 0.15) is 0 Å². The van der Waals surface area contributed by atoms with Crippen molar-refractivity contribution in [2.24, 2.45) is 0 Å². The number of nitrogens with one attached hydrogen (secondary N) is 1. The first-order valence-electron chi connectivity index (χ1n) is 9.63. The number of thiazole rings is 1. The summed E-state index contributed by atoms with van der Waals surface area (Å²) in [4.78, 5) is 4.31. The van der Waals surface area contributed by atoms with Crippen LogP contribution in [0.4, 0.5) is 0 Å². The van der Waals surface area contributed by atoms with E-state index in [2.05, 4.69) is 21.5 Å². The predicted octanol–water partition coefficient (Wildman–Crippen LogP) is 4.95. The van der Waals surface area contributed by atoms with E-state index < -0.39 is 10.0 Å². The lowest BCUT2D eigenvalue weighted by atomic mass is 9.96. The van der Waals surface area contributed by atoms with E-state index in [9.17, 15) is 8.42 Å². The van der Waals surface area contributed by atoms with E-state index in [1.807, 2.05) is 24.3 Å². The van der Waals surface area contributed by atoms with Crippen LogP contribution in [-0.2, 0) is 10.0 Å². The topological polar surface area (TPSA) is 59.1 Å². The third-order valence-corrected chi connectivity index (χ3v) is 10.1. The fourth-order valence-electron chi connectivity index (χ4n) is 4.03. The normalized spacial score (nSPS) is 25.5. The van der Waals surface area contributed by atoms with Crippen molar-refractivity contribution in [1.82, 2.24) is 9.71 Å². The van der Waals surface area contributed by atoms with E-state index in [0.29, 0.717) is 5.25 Å². The van der Waals surface area contributed by atoms with Gasteiger partial charge in [0.25, 0.3) is 10.0 Å². The van der Waals surface area contributed by atoms with Crippen molar-refractivity contribution in [3.05, 3.63) is 24.3 Å². The second kappa shape index (κ2) is 8.17. The van der Waals surface area contributed by atoms with Crippen LogP contribution in [0, 0.1) is 0 Å². The summed E-state index contributed by atoms with van der Waals surface area (Å²) in [6, 6.07) is 7.63. The SMILES string of the molecule is O=S(=O)(NC1CCC(SC2CCCCC2)CC1)c1nc2ccccc2s1. The Bertz CT molecular complexity index is 802. The van der Waals surface area contributed by atoms with Crippen LogP contribution in [0.5, 0.6) is 0 Å². The Balaban J connectivity index is 1.33. The summed E-state index contributed by atoms with van der Waals surface area (Å²) in [5.74, 6) is 0. The van der Waals surface area contributed by atoms with Crippen molar-refractivity contribution in [3.8, 4) is 0 Å². The zero-order valence-corrected chi connectivity index (χ0v) is 17.3. The lowest BCUT2D eigenvalue weighted by molar-refractivity contribution is 0.417. The molecule has 2 aliphatic carbocycles. The molecule has 142 valence electrons. The van der Waals surface area contributed by atoms with Crippen LogP contribution in [-0.4, -0.2) is 29.9 Å². The van der Waals surface area contributed by atoms with Crippen LogP contribution in [0.1, 0.15) is 57.8 Å². The Morgan fingerprint density at radius 2 is 1.65 bits per heavy atom. The highest BCUT2D eigenvalue weighted by atomic mass is 32.2. The van der Waals surface area contributed by atoms with Gasteiger partial charge in [-0.3, -0.25) is 0 Å². The number of thioether (sulfide) groups is 1. The van der Waals surface area contributed by atoms with Crippen molar-refractivity contribution < 1.29 is 8.42 Å². The van der Waals surface area contributed by atoms with Gasteiger partial charge in [0.15, 0.2) is 0 Å². The number of nitrogens with zero attached hydrogens (tertiary/aromatic N) is 1. The molecule has 7 heteroatoms. The van der Waals surface area contributed by atoms with Gasteiger partial charge in [-0.2, -0.15) is 11.8 Å². The minimum Gasteiger partial charge on any atom is -0.224 e. The largest absolute Gasteiger partial charge is 0.268 e. The molecule has 0 radical (unpaired) electrons. The zero-order valence-electron chi connectivity index (χ0n) is 14.9. The second-order valence-electron chi connectivity index (χ2n) is 7.44. The fourth-order valence-corrected chi connectivity index (χ4v) is 8.26. The summed E-state index contributed by atoms with van der Waals surface area (Å²) in [5.41, 5.74) is 0.755. The molecule has 26 heavy (non-hydrogen) atoms. The van der Waals surface area contributed by atoms with E-state index in [1.165, 1.54) is 43.4 Å². The molecule has 0 unspecified atom stereocenters. The highest BCUT2D eigenvalue weighted by Gasteiger charge is 2.29. The van der Waals surface area contributed by atoms with Crippen LogP contribution >= 0.6 is 23.1 Å². The van der Waals surface area contributed by atoms with Crippen LogP contribution in [0.15, 0.2) is 28.6 Å². The van der Waals surface area contributed by atoms with E-state index in [0.717, 1.165) is 41.1 Å². The molecular formula is C19H26N2O2S3. The summed E-state index contributed by atoms with van der Waals surface area (Å²) in [6.45, 7) is 0. The van der Waals surface area contributed by atoms with Crippen LogP contribution in [0.3, 0.4) is 0 Å². The third-order valence-electron chi connectivity index (χ3n) is 5.44. The quantitative estimate of drug-likeness (QED) is 0.757. The molecule has 0 atom stereocenters. The van der Waals surface area contributed by atoms with Gasteiger partial charge in [0.2, 0.25) is 4.34 Å². The molecule has 1 aromatic heterocycles. The molecule has 4 nitrogen and oxygen atoms in total. The van der Waals surface area contributed by atoms with Crippen molar-refractivity contribution >= 4 is 43.3 Å². The van der Waals surface area contributed by atoms with Gasteiger partial charge in [-0.05, 0) is 50.7 Å². The average molecular weight is 411 g/mol. The summed E-state index contributed by atoms with van der Waals surface area (Å²) in [5, 5.41) is 1.55. The maximum Gasteiger partial charge on any atom is 0.268 e. The average Bonchev–Trinajstić information content (AvgIpc) is 3.09. The van der Waals surface area contributed by atoms with Crippen LogP contribution in [0.2, 0.25) is 0 Å². The summed E-state index contributed by atoms with van der Waals surface area (Å²) >= 11 is 3.42. The van der Waals surface area contributed by atoms with Gasteiger partial charge in [0, 0.05) is 16.5 Å². The van der Waals surface area contributed by atoms with E-state index in [1.54, 1.807) is 0 Å². The zero-order chi connectivity index (χ0) is 18.0. The number of hydrogen-bond acceptors (Lipinski definition) is 5. The number of fused-ring (bicyclic) bond motifs is 1. The Kier molecular flexibility index (Phi) is 5.88. The summed E-state index contributed by atoms with van der Waals surface area (Å²) in [6.07, 6.45) is 11.0. The molecule has 2 saturated carbocycles. The number of rotatable bonds is 5. The summed E-state index contributed by atoms with van der Waals surface area (Å²) in [7, 11) is -3.52. The standard InChI is InChI=1S/C19H26N2O2S3/c22-26(23,19-20-17-8-4-5-9-18(17)25-19)21-14-10-12-16(13-11-14)24-15-6-2-1-3-7-15/h4-5,8-9,14-16,21H,1-3,6-7,10-13H2. The Labute approximate surface area is 164 Å². The number of benzene rings is 1. The number of aromatic nitrogens is 1. The molecule has 1 aromatic carbocycles. The number of sulfonamides is 1. The van der Waals surface area contributed by atoms with E-state index in [-0.39, 0.29) is 10.4 Å². The molecule has 2 aromatic rings. The third kappa shape index (κ3) is 4.43. The molecule has 2 fully saturated rings. The van der Waals surface area contributed by atoms with Gasteiger partial charge in [-0.25, -0.2) is 18.1 Å². The number of para-hydroxylation sites is 1. The maximum absolute atomic E-state index is 12.7. The first-order valence-corrected chi connectivity index (χ1v) is 12.9. The van der Waals surface area contributed by atoms with Crippen molar-refractivity contribution in [1.29, 1.82) is 0 Å². The van der Waals surface area contributed by atoms with Crippen LogP contribution in [0.25, 0.3) is 10.2 Å². The highest BCUT2D eigenvalue weighted by Crippen LogP contribution is 2.37. The molecule has 0 bridgehead atoms. The molecule has 0 amide bonds. The van der Waals surface area contributed by atoms with Gasteiger partial charge < -0.3 is 0 Å². The first-order chi connectivity index (χ1) is 12.6. The summed E-state index contributed by atoms with van der Waals surface area (Å²) < 4.78 is 29.4. The van der Waals surface area contributed by atoms with Crippen molar-refractivity contribution in [3.63, 3.8) is 0 Å². The van der Waals surface area contributed by atoms with E-state index >= 15 is 0 Å². The van der Waals surface area contributed by atoms with Crippen molar-refractivity contribution in [2.75, 3.05) is 0 Å². The molecular weight excluding hydrogens is 384 g/mol. The van der Waals surface area contributed by atoms with E-state index in [4.69, 9.17) is 0 Å². The molecule has 0 spiro atoms. The predicted molar refractivity (Wildman–Crippen MR) is 110 cm³/mol. The Morgan fingerprint density at radius 3 is 2.38 bits per heavy atom. The smallest absolute Gasteiger partial charge is 0.224 e.